The number of aromatic nitrogens is 1. The summed E-state index contributed by atoms with van der Waals surface area (Å²) >= 11 is 3.33. The van der Waals surface area contributed by atoms with Crippen molar-refractivity contribution in [2.24, 2.45) is 17.8 Å². The van der Waals surface area contributed by atoms with Crippen LogP contribution in [0.15, 0.2) is 22.8 Å². The van der Waals surface area contributed by atoms with Crippen LogP contribution in [-0.2, 0) is 4.79 Å². The molecule has 2 aliphatic carbocycles. The minimum atomic E-state index is 0.159. The summed E-state index contributed by atoms with van der Waals surface area (Å²) in [7, 11) is 0. The molecule has 1 N–H and O–H groups in total. The van der Waals surface area contributed by atoms with Crippen molar-refractivity contribution in [3.63, 3.8) is 0 Å². The first-order chi connectivity index (χ1) is 8.22. The second-order valence-electron chi connectivity index (χ2n) is 5.13. The lowest BCUT2D eigenvalue weighted by atomic mass is 9.88. The van der Waals surface area contributed by atoms with E-state index in [0.29, 0.717) is 11.7 Å². The largest absolute Gasteiger partial charge is 0.310 e. The highest BCUT2D eigenvalue weighted by molar-refractivity contribution is 9.10. The third-order valence-electron chi connectivity index (χ3n) is 4.05. The molecule has 2 fully saturated rings. The third-order valence-corrected chi connectivity index (χ3v) is 4.52. The highest BCUT2D eigenvalue weighted by Crippen LogP contribution is 2.48. The Bertz CT molecular complexity index is 432. The van der Waals surface area contributed by atoms with Crippen molar-refractivity contribution in [3.05, 3.63) is 22.8 Å². The van der Waals surface area contributed by atoms with Crippen molar-refractivity contribution in [1.82, 2.24) is 4.98 Å². The summed E-state index contributed by atoms with van der Waals surface area (Å²) in [5.41, 5.74) is 0. The topological polar surface area (TPSA) is 42.0 Å². The molecule has 3 nitrogen and oxygen atoms in total. The van der Waals surface area contributed by atoms with Crippen molar-refractivity contribution in [3.8, 4) is 0 Å². The number of anilines is 1. The fraction of sp³-hybridized carbons (Fsp3) is 0.538. The van der Waals surface area contributed by atoms with Crippen LogP contribution in [0.3, 0.4) is 0 Å². The third kappa shape index (κ3) is 2.23. The molecule has 3 rings (SSSR count). The van der Waals surface area contributed by atoms with E-state index in [4.69, 9.17) is 0 Å². The van der Waals surface area contributed by atoms with E-state index in [9.17, 15) is 4.79 Å². The van der Waals surface area contributed by atoms with Gasteiger partial charge in [0.15, 0.2) is 0 Å². The molecule has 0 aromatic carbocycles. The van der Waals surface area contributed by atoms with Gasteiger partial charge in [-0.15, -0.1) is 0 Å². The second kappa shape index (κ2) is 4.41. The summed E-state index contributed by atoms with van der Waals surface area (Å²) in [6.07, 6.45) is 6.59. The van der Waals surface area contributed by atoms with Crippen LogP contribution in [0.1, 0.15) is 25.7 Å². The first kappa shape index (κ1) is 11.2. The lowest BCUT2D eigenvalue weighted by Gasteiger charge is -2.20. The Hall–Kier alpha value is -0.900. The first-order valence-electron chi connectivity index (χ1n) is 6.15. The number of pyridine rings is 1. The number of halogens is 1. The second-order valence-corrected chi connectivity index (χ2v) is 6.05. The maximum Gasteiger partial charge on any atom is 0.228 e. The number of fused-ring (bicyclic) bond motifs is 2. The molecule has 17 heavy (non-hydrogen) atoms. The smallest absolute Gasteiger partial charge is 0.228 e. The van der Waals surface area contributed by atoms with Gasteiger partial charge in [0, 0.05) is 16.6 Å². The molecule has 3 atom stereocenters. The molecule has 1 heterocycles. The van der Waals surface area contributed by atoms with E-state index in [0.717, 1.165) is 16.8 Å². The van der Waals surface area contributed by atoms with Gasteiger partial charge in [0.2, 0.25) is 5.91 Å². The van der Waals surface area contributed by atoms with Crippen molar-refractivity contribution >= 4 is 27.7 Å². The zero-order chi connectivity index (χ0) is 11.8. The van der Waals surface area contributed by atoms with Crippen LogP contribution in [0.5, 0.6) is 0 Å². The average molecular weight is 295 g/mol. The summed E-state index contributed by atoms with van der Waals surface area (Å²) in [5.74, 6) is 2.45. The van der Waals surface area contributed by atoms with Gasteiger partial charge in [0.05, 0.1) is 0 Å². The van der Waals surface area contributed by atoms with Gasteiger partial charge in [-0.25, -0.2) is 4.98 Å². The normalized spacial score (nSPS) is 30.5. The van der Waals surface area contributed by atoms with E-state index in [-0.39, 0.29) is 11.8 Å². The molecular formula is C13H15BrN2O. The molecule has 0 spiro atoms. The number of rotatable bonds is 2. The van der Waals surface area contributed by atoms with E-state index >= 15 is 0 Å². The van der Waals surface area contributed by atoms with E-state index in [2.05, 4.69) is 26.2 Å². The minimum absolute atomic E-state index is 0.159. The zero-order valence-electron chi connectivity index (χ0n) is 9.53. The monoisotopic (exact) mass is 294 g/mol. The highest BCUT2D eigenvalue weighted by atomic mass is 79.9. The van der Waals surface area contributed by atoms with Crippen LogP contribution in [0, 0.1) is 17.8 Å². The summed E-state index contributed by atoms with van der Waals surface area (Å²) < 4.78 is 0.926. The van der Waals surface area contributed by atoms with Gasteiger partial charge < -0.3 is 5.32 Å². The Morgan fingerprint density at radius 1 is 1.35 bits per heavy atom. The van der Waals surface area contributed by atoms with Crippen molar-refractivity contribution in [2.45, 2.75) is 25.7 Å². The fourth-order valence-corrected chi connectivity index (χ4v) is 3.47. The Kier molecular flexibility index (Phi) is 2.90. The number of hydrogen-bond donors (Lipinski definition) is 1. The van der Waals surface area contributed by atoms with Crippen LogP contribution in [0.2, 0.25) is 0 Å². The minimum Gasteiger partial charge on any atom is -0.310 e. The predicted molar refractivity (Wildman–Crippen MR) is 69.5 cm³/mol. The summed E-state index contributed by atoms with van der Waals surface area (Å²) in [6.45, 7) is 0. The Balaban J connectivity index is 1.65. The van der Waals surface area contributed by atoms with Crippen LogP contribution >= 0.6 is 15.9 Å². The standard InChI is InChI=1S/C13H15BrN2O/c14-10-3-4-12(15-7-10)16-13(17)11-6-8-1-2-9(11)5-8/h3-4,7-9,11H,1-2,5-6H2,(H,15,16,17). The van der Waals surface area contributed by atoms with Gasteiger partial charge in [-0.05, 0) is 59.2 Å². The van der Waals surface area contributed by atoms with Gasteiger partial charge >= 0.3 is 0 Å². The van der Waals surface area contributed by atoms with Crippen molar-refractivity contribution in [2.75, 3.05) is 5.32 Å². The molecule has 1 amide bonds. The summed E-state index contributed by atoms with van der Waals surface area (Å²) in [4.78, 5) is 16.3. The molecule has 90 valence electrons. The highest BCUT2D eigenvalue weighted by Gasteiger charge is 2.43. The first-order valence-corrected chi connectivity index (χ1v) is 6.94. The molecule has 2 saturated carbocycles. The number of hydrogen-bond acceptors (Lipinski definition) is 2. The number of carbonyl (C=O) groups is 1. The van der Waals surface area contributed by atoms with Crippen molar-refractivity contribution < 1.29 is 4.79 Å². The maximum absolute atomic E-state index is 12.1. The number of nitrogens with zero attached hydrogens (tertiary/aromatic N) is 1. The molecule has 0 saturated heterocycles. The predicted octanol–water partition coefficient (Wildman–Crippen LogP) is 3.22. The Morgan fingerprint density at radius 3 is 2.82 bits per heavy atom. The molecule has 1 aromatic heterocycles. The Morgan fingerprint density at radius 2 is 2.24 bits per heavy atom. The Labute approximate surface area is 109 Å². The van der Waals surface area contributed by atoms with Gasteiger partial charge in [-0.1, -0.05) is 6.42 Å². The quantitative estimate of drug-likeness (QED) is 0.910. The van der Waals surface area contributed by atoms with Crippen LogP contribution < -0.4 is 5.32 Å². The number of amides is 1. The van der Waals surface area contributed by atoms with Crippen LogP contribution in [0.4, 0.5) is 5.82 Å². The van der Waals surface area contributed by atoms with Crippen molar-refractivity contribution in [1.29, 1.82) is 0 Å². The molecule has 1 aromatic rings. The molecule has 0 radical (unpaired) electrons. The van der Waals surface area contributed by atoms with Gasteiger partial charge in [-0.3, -0.25) is 4.79 Å². The number of carbonyl (C=O) groups excluding carboxylic acids is 1. The van der Waals surface area contributed by atoms with Gasteiger partial charge in [0.25, 0.3) is 0 Å². The zero-order valence-corrected chi connectivity index (χ0v) is 11.1. The molecule has 2 aliphatic rings. The average Bonchev–Trinajstić information content (AvgIpc) is 2.94. The molecule has 2 bridgehead atoms. The van der Waals surface area contributed by atoms with Gasteiger partial charge in [0.1, 0.15) is 5.82 Å². The summed E-state index contributed by atoms with van der Waals surface area (Å²) in [5, 5.41) is 2.93. The molecule has 4 heteroatoms. The van der Waals surface area contributed by atoms with Crippen LogP contribution in [0.25, 0.3) is 0 Å². The fourth-order valence-electron chi connectivity index (χ4n) is 3.23. The molecule has 3 unspecified atom stereocenters. The SMILES string of the molecule is O=C(Nc1ccc(Br)cn1)C1CC2CCC1C2. The lowest BCUT2D eigenvalue weighted by molar-refractivity contribution is -0.121. The molecule has 0 aliphatic heterocycles. The van der Waals surface area contributed by atoms with E-state index in [1.165, 1.54) is 19.3 Å². The summed E-state index contributed by atoms with van der Waals surface area (Å²) in [6, 6.07) is 3.72. The maximum atomic E-state index is 12.1. The van der Waals surface area contributed by atoms with Crippen LogP contribution in [-0.4, -0.2) is 10.9 Å². The molecular weight excluding hydrogens is 280 g/mol. The van der Waals surface area contributed by atoms with E-state index < -0.39 is 0 Å². The van der Waals surface area contributed by atoms with Gasteiger partial charge in [-0.2, -0.15) is 0 Å². The lowest BCUT2D eigenvalue weighted by Crippen LogP contribution is -2.27. The number of nitrogens with one attached hydrogen (secondary N) is 1. The van der Waals surface area contributed by atoms with E-state index in [1.807, 2.05) is 12.1 Å². The van der Waals surface area contributed by atoms with E-state index in [1.54, 1.807) is 6.20 Å².